The van der Waals surface area contributed by atoms with Gasteiger partial charge in [-0.25, -0.2) is 0 Å². The number of likely N-dealkylation sites (N-methyl/N-ethyl adjacent to an activating group) is 1. The first-order chi connectivity index (χ1) is 13.4. The van der Waals surface area contributed by atoms with Gasteiger partial charge in [-0.1, -0.05) is 60.7 Å². The number of rotatable bonds is 4. The number of epoxide rings is 1. The van der Waals surface area contributed by atoms with Crippen molar-refractivity contribution < 1.29 is 35.7 Å². The van der Waals surface area contributed by atoms with Gasteiger partial charge in [-0.2, -0.15) is 0 Å². The lowest BCUT2D eigenvalue weighted by molar-refractivity contribution is -0.938. The molecule has 3 aliphatic heterocycles. The minimum atomic E-state index is -0.817. The van der Waals surface area contributed by atoms with Gasteiger partial charge in [-0.3, -0.25) is 4.79 Å². The molecule has 2 aromatic carbocycles. The minimum Gasteiger partial charge on any atom is -1.00 e. The number of hydrogen-bond acceptors (Lipinski definition) is 3. The van der Waals surface area contributed by atoms with Crippen LogP contribution in [-0.4, -0.2) is 54.9 Å². The van der Waals surface area contributed by atoms with E-state index in [4.69, 9.17) is 9.47 Å². The summed E-state index contributed by atoms with van der Waals surface area (Å²) in [6, 6.07) is 20.8. The van der Waals surface area contributed by atoms with Crippen LogP contribution in [0.1, 0.15) is 30.9 Å². The Balaban J connectivity index is 0.00000205. The highest BCUT2D eigenvalue weighted by Crippen LogP contribution is 2.52. The standard InChI is InChI=1S/C24H28NO3.BrH/c1-24(16-10-6-4-7-11-16,17-12-8-5-9-13-17)23(26)27-18-14-19-21-22(28-21)20(15-18)25(19,2)3;/h4-13,18-22H,14-15H2,1-3H3;1H/q+1;/p-1/t18?,19?,20?,21-,22+;. The Bertz CT molecular complexity index is 826. The number of esters is 1. The molecular formula is C24H28BrNO3. The second-order valence-corrected chi connectivity index (χ2v) is 9.18. The van der Waals surface area contributed by atoms with Crippen LogP contribution in [-0.2, 0) is 19.7 Å². The Kier molecular flexibility index (Phi) is 5.12. The molecule has 0 saturated carbocycles. The van der Waals surface area contributed by atoms with E-state index in [1.807, 2.05) is 67.6 Å². The maximum atomic E-state index is 13.6. The van der Waals surface area contributed by atoms with Gasteiger partial charge in [-0.15, -0.1) is 0 Å². The van der Waals surface area contributed by atoms with E-state index < -0.39 is 5.41 Å². The van der Waals surface area contributed by atoms with Crippen molar-refractivity contribution in [2.24, 2.45) is 0 Å². The lowest BCUT2D eigenvalue weighted by atomic mass is 9.76. The maximum Gasteiger partial charge on any atom is 0.321 e. The Labute approximate surface area is 183 Å². The van der Waals surface area contributed by atoms with E-state index >= 15 is 0 Å². The SMILES string of the molecule is CC(C(=O)OC1CC2[C@H]3O[C@H]3C(C1)[N+]2(C)C)(c1ccccc1)c1ccccc1.[Br-]. The second kappa shape index (κ2) is 7.22. The summed E-state index contributed by atoms with van der Waals surface area (Å²) < 4.78 is 13.1. The normalized spacial score (nSPS) is 31.3. The number of piperidine rings is 1. The van der Waals surface area contributed by atoms with Gasteiger partial charge in [0, 0.05) is 12.8 Å². The molecule has 5 rings (SSSR count). The van der Waals surface area contributed by atoms with Crippen molar-refractivity contribution in [3.05, 3.63) is 71.8 Å². The van der Waals surface area contributed by atoms with Crippen molar-refractivity contribution in [1.29, 1.82) is 0 Å². The molecule has 0 spiro atoms. The maximum absolute atomic E-state index is 13.6. The average molecular weight is 458 g/mol. The summed E-state index contributed by atoms with van der Waals surface area (Å²) in [5, 5.41) is 0. The third kappa shape index (κ3) is 3.15. The van der Waals surface area contributed by atoms with E-state index in [2.05, 4.69) is 14.1 Å². The van der Waals surface area contributed by atoms with Crippen LogP contribution in [0.15, 0.2) is 60.7 Å². The van der Waals surface area contributed by atoms with Crippen molar-refractivity contribution in [2.75, 3.05) is 14.1 Å². The van der Waals surface area contributed by atoms with E-state index in [0.717, 1.165) is 28.5 Å². The number of fused-ring (bicyclic) bond motifs is 5. The lowest BCUT2D eigenvalue weighted by Gasteiger charge is -2.45. The number of halogens is 1. The largest absolute Gasteiger partial charge is 1.00 e. The number of carbonyl (C=O) groups is 1. The number of nitrogens with zero attached hydrogens (tertiary/aromatic N) is 1. The zero-order chi connectivity index (χ0) is 19.5. The highest BCUT2D eigenvalue weighted by atomic mass is 79.9. The molecule has 5 heteroatoms. The molecule has 5 atom stereocenters. The molecule has 4 nitrogen and oxygen atoms in total. The van der Waals surface area contributed by atoms with Crippen LogP contribution in [0.2, 0.25) is 0 Å². The Morgan fingerprint density at radius 1 is 0.931 bits per heavy atom. The predicted octanol–water partition coefficient (Wildman–Crippen LogP) is 0.297. The van der Waals surface area contributed by atoms with Crippen LogP contribution in [0, 0.1) is 0 Å². The van der Waals surface area contributed by atoms with E-state index in [1.165, 1.54) is 0 Å². The fourth-order valence-electron chi connectivity index (χ4n) is 5.52. The average Bonchev–Trinajstić information content (AvgIpc) is 3.47. The molecule has 0 radical (unpaired) electrons. The van der Waals surface area contributed by atoms with Crippen LogP contribution in [0.3, 0.4) is 0 Å². The summed E-state index contributed by atoms with van der Waals surface area (Å²) in [6.45, 7) is 1.98. The zero-order valence-electron chi connectivity index (χ0n) is 17.1. The van der Waals surface area contributed by atoms with Crippen LogP contribution in [0.25, 0.3) is 0 Å². The molecule has 3 saturated heterocycles. The third-order valence-electron chi connectivity index (χ3n) is 7.42. The second-order valence-electron chi connectivity index (χ2n) is 9.18. The Morgan fingerprint density at radius 3 is 1.83 bits per heavy atom. The zero-order valence-corrected chi connectivity index (χ0v) is 18.7. The van der Waals surface area contributed by atoms with Crippen molar-refractivity contribution >= 4 is 5.97 Å². The number of quaternary nitrogens is 1. The third-order valence-corrected chi connectivity index (χ3v) is 7.42. The molecule has 2 aromatic rings. The molecule has 3 unspecified atom stereocenters. The van der Waals surface area contributed by atoms with Crippen molar-refractivity contribution in [3.8, 4) is 0 Å². The van der Waals surface area contributed by atoms with Crippen molar-refractivity contribution in [1.82, 2.24) is 0 Å². The van der Waals surface area contributed by atoms with E-state index in [0.29, 0.717) is 24.3 Å². The van der Waals surface area contributed by atoms with Gasteiger partial charge in [0.05, 0.1) is 14.1 Å². The topological polar surface area (TPSA) is 38.8 Å². The van der Waals surface area contributed by atoms with E-state index in [1.54, 1.807) is 0 Å². The number of morpholine rings is 1. The first-order valence-electron chi connectivity index (χ1n) is 10.2. The van der Waals surface area contributed by atoms with Crippen LogP contribution in [0.5, 0.6) is 0 Å². The summed E-state index contributed by atoms with van der Waals surface area (Å²) in [4.78, 5) is 13.6. The van der Waals surface area contributed by atoms with Crippen LogP contribution in [0.4, 0.5) is 0 Å². The molecule has 0 N–H and O–H groups in total. The smallest absolute Gasteiger partial charge is 0.321 e. The monoisotopic (exact) mass is 457 g/mol. The Morgan fingerprint density at radius 2 is 1.38 bits per heavy atom. The number of hydrogen-bond donors (Lipinski definition) is 0. The van der Waals surface area contributed by atoms with Crippen LogP contribution >= 0.6 is 0 Å². The molecule has 3 fully saturated rings. The summed E-state index contributed by atoms with van der Waals surface area (Å²) in [5.41, 5.74) is 1.11. The van der Waals surface area contributed by atoms with Gasteiger partial charge >= 0.3 is 5.97 Å². The summed E-state index contributed by atoms with van der Waals surface area (Å²) in [6.07, 6.45) is 2.46. The lowest BCUT2D eigenvalue weighted by Crippen LogP contribution is -3.00. The van der Waals surface area contributed by atoms with Gasteiger partial charge in [-0.05, 0) is 18.1 Å². The predicted molar refractivity (Wildman–Crippen MR) is 107 cm³/mol. The minimum absolute atomic E-state index is 0. The molecule has 3 heterocycles. The highest BCUT2D eigenvalue weighted by Gasteiger charge is 2.70. The van der Waals surface area contributed by atoms with Crippen molar-refractivity contribution in [3.63, 3.8) is 0 Å². The molecule has 29 heavy (non-hydrogen) atoms. The fourth-order valence-corrected chi connectivity index (χ4v) is 5.52. The molecule has 0 amide bonds. The fraction of sp³-hybridized carbons (Fsp3) is 0.458. The summed E-state index contributed by atoms with van der Waals surface area (Å²) in [5.74, 6) is -0.156. The van der Waals surface area contributed by atoms with Crippen LogP contribution < -0.4 is 17.0 Å². The molecule has 3 aliphatic rings. The van der Waals surface area contributed by atoms with Crippen molar-refractivity contribution in [2.45, 2.75) is 55.6 Å². The number of benzene rings is 2. The molecule has 2 bridgehead atoms. The highest BCUT2D eigenvalue weighted by molar-refractivity contribution is 5.87. The van der Waals surface area contributed by atoms with Gasteiger partial charge in [0.25, 0.3) is 0 Å². The van der Waals surface area contributed by atoms with Gasteiger partial charge in [0.1, 0.15) is 35.8 Å². The summed E-state index contributed by atoms with van der Waals surface area (Å²) >= 11 is 0. The Hall–Kier alpha value is -1.69. The first-order valence-corrected chi connectivity index (χ1v) is 10.2. The van der Waals surface area contributed by atoms with Gasteiger partial charge < -0.3 is 30.9 Å². The van der Waals surface area contributed by atoms with E-state index in [-0.39, 0.29) is 29.1 Å². The first kappa shape index (κ1) is 20.6. The summed E-state index contributed by atoms with van der Waals surface area (Å²) in [7, 11) is 4.59. The van der Waals surface area contributed by atoms with Gasteiger partial charge in [0.15, 0.2) is 0 Å². The van der Waals surface area contributed by atoms with Gasteiger partial charge in [0.2, 0.25) is 0 Å². The number of carbonyl (C=O) groups excluding carboxylic acids is 1. The van der Waals surface area contributed by atoms with E-state index in [9.17, 15) is 4.79 Å². The molecule has 154 valence electrons. The molecule has 0 aromatic heterocycles. The molecule has 0 aliphatic carbocycles. The number of ether oxygens (including phenoxy) is 2. The molecular weight excluding hydrogens is 430 g/mol. The quantitative estimate of drug-likeness (QED) is 0.376.